The summed E-state index contributed by atoms with van der Waals surface area (Å²) in [5.74, 6) is 1.50. The largest absolute Gasteiger partial charge is 0.496 e. The molecular formula is C34H28O2S2. The van der Waals surface area contributed by atoms with E-state index in [1.54, 1.807) is 14.2 Å². The van der Waals surface area contributed by atoms with Gasteiger partial charge in [0.15, 0.2) is 0 Å². The maximum atomic E-state index is 5.93. The van der Waals surface area contributed by atoms with Gasteiger partial charge in [-0.3, -0.25) is 0 Å². The van der Waals surface area contributed by atoms with Crippen LogP contribution >= 0.6 is 25.3 Å². The van der Waals surface area contributed by atoms with E-state index in [0.29, 0.717) is 0 Å². The van der Waals surface area contributed by atoms with Crippen LogP contribution in [0.3, 0.4) is 0 Å². The maximum absolute atomic E-state index is 5.93. The number of rotatable bonds is 7. The summed E-state index contributed by atoms with van der Waals surface area (Å²) < 4.78 is 11.9. The normalized spacial score (nSPS) is 11.1. The van der Waals surface area contributed by atoms with E-state index in [2.05, 4.69) is 61.5 Å². The van der Waals surface area contributed by atoms with Gasteiger partial charge >= 0.3 is 0 Å². The van der Waals surface area contributed by atoms with Crippen LogP contribution in [-0.2, 0) is 5.41 Å². The first-order chi connectivity index (χ1) is 18.5. The van der Waals surface area contributed by atoms with Crippen LogP contribution in [0.15, 0.2) is 113 Å². The second-order valence-corrected chi connectivity index (χ2v) is 10.2. The summed E-state index contributed by atoms with van der Waals surface area (Å²) in [5.41, 5.74) is 6.52. The Balaban J connectivity index is 1.83. The first-order valence-electron chi connectivity index (χ1n) is 12.3. The van der Waals surface area contributed by atoms with Crippen molar-refractivity contribution >= 4 is 25.3 Å². The van der Waals surface area contributed by atoms with Gasteiger partial charge in [-0.25, -0.2) is 0 Å². The summed E-state index contributed by atoms with van der Waals surface area (Å²) in [4.78, 5) is 1.78. The summed E-state index contributed by atoms with van der Waals surface area (Å²) in [6.45, 7) is 2.22. The van der Waals surface area contributed by atoms with Gasteiger partial charge in [-0.1, -0.05) is 66.7 Å². The fourth-order valence-electron chi connectivity index (χ4n) is 5.07. The predicted molar refractivity (Wildman–Crippen MR) is 161 cm³/mol. The minimum atomic E-state index is -0.655. The van der Waals surface area contributed by atoms with Crippen LogP contribution in [0.1, 0.15) is 23.6 Å². The van der Waals surface area contributed by atoms with Crippen molar-refractivity contribution in [2.45, 2.75) is 22.1 Å². The Morgan fingerprint density at radius 1 is 0.658 bits per heavy atom. The molecule has 0 radical (unpaired) electrons. The third-order valence-corrected chi connectivity index (χ3v) is 7.88. The number of methoxy groups -OCH3 is 2. The average molecular weight is 533 g/mol. The Morgan fingerprint density at radius 2 is 1.26 bits per heavy atom. The van der Waals surface area contributed by atoms with E-state index in [1.165, 1.54) is 0 Å². The molecule has 4 heteroatoms. The standard InChI is InChI=1S/C34H28O2S2/c1-34(33-29(35-2)15-10-16-30(33)36-3,25-17-19-31(37)27(21-25)23-11-6-4-7-12-23)26-18-20-32(38)28(22-26)24-13-8-5-9-14-24/h4-8,10-13,15-22,37-38H,1-3H3. The summed E-state index contributed by atoms with van der Waals surface area (Å²) in [7, 11) is 3.39. The van der Waals surface area contributed by atoms with Crippen molar-refractivity contribution in [1.29, 1.82) is 0 Å². The smallest absolute Gasteiger partial charge is 0.127 e. The van der Waals surface area contributed by atoms with E-state index in [-0.39, 0.29) is 0 Å². The molecule has 0 aromatic heterocycles. The lowest BCUT2D eigenvalue weighted by Gasteiger charge is -2.35. The molecule has 0 spiro atoms. The molecule has 1 atom stereocenters. The molecule has 0 saturated carbocycles. The summed E-state index contributed by atoms with van der Waals surface area (Å²) in [6, 6.07) is 41.2. The van der Waals surface area contributed by atoms with E-state index < -0.39 is 5.41 Å². The van der Waals surface area contributed by atoms with Gasteiger partial charge in [-0.15, -0.1) is 25.3 Å². The molecule has 0 aliphatic heterocycles. The minimum Gasteiger partial charge on any atom is -0.496 e. The number of ether oxygens (including phenoxy) is 2. The minimum absolute atomic E-state index is 0.655. The van der Waals surface area contributed by atoms with E-state index >= 15 is 0 Å². The molecule has 0 aliphatic carbocycles. The Bertz CT molecular complexity index is 1450. The molecule has 0 amide bonds. The number of thiol groups is 2. The van der Waals surface area contributed by atoms with Crippen LogP contribution in [0.2, 0.25) is 0 Å². The fourth-order valence-corrected chi connectivity index (χ4v) is 5.60. The van der Waals surface area contributed by atoms with E-state index in [4.69, 9.17) is 34.7 Å². The zero-order valence-corrected chi connectivity index (χ0v) is 23.3. The lowest BCUT2D eigenvalue weighted by atomic mass is 9.69. The number of benzene rings is 4. The Labute approximate surface area is 236 Å². The van der Waals surface area contributed by atoms with E-state index in [1.807, 2.05) is 60.7 Å². The zero-order chi connectivity index (χ0) is 26.7. The SMILES string of the molecule is COc1cccc(OC)c1C(C)(c1ccc(S)c(-c2c#cccc2)c1)c1ccc(S)c(-c2ccccc2)c1. The molecule has 188 valence electrons. The molecule has 1 unspecified atom stereocenters. The second kappa shape index (κ2) is 10.9. The molecule has 0 fully saturated rings. The van der Waals surface area contributed by atoms with Crippen LogP contribution < -0.4 is 9.47 Å². The molecule has 0 saturated heterocycles. The fraction of sp³-hybridized carbons (Fsp3) is 0.118. The van der Waals surface area contributed by atoms with Crippen molar-refractivity contribution in [3.8, 4) is 33.8 Å². The van der Waals surface area contributed by atoms with Crippen LogP contribution in [0.5, 0.6) is 11.5 Å². The van der Waals surface area contributed by atoms with Gasteiger partial charge in [0.05, 0.1) is 19.8 Å². The molecule has 0 heterocycles. The van der Waals surface area contributed by atoms with Gasteiger partial charge in [0.1, 0.15) is 11.5 Å². The van der Waals surface area contributed by atoms with Gasteiger partial charge in [0, 0.05) is 26.3 Å². The quantitative estimate of drug-likeness (QED) is 0.162. The molecule has 5 aromatic carbocycles. The van der Waals surface area contributed by atoms with Crippen molar-refractivity contribution in [1.82, 2.24) is 0 Å². The molecular weight excluding hydrogens is 505 g/mol. The lowest BCUT2D eigenvalue weighted by Crippen LogP contribution is -2.27. The molecule has 0 bridgehead atoms. The first kappa shape index (κ1) is 25.9. The first-order valence-corrected chi connectivity index (χ1v) is 13.2. The number of hydrogen-bond acceptors (Lipinski definition) is 4. The van der Waals surface area contributed by atoms with Crippen LogP contribution in [0.25, 0.3) is 22.3 Å². The molecule has 38 heavy (non-hydrogen) atoms. The van der Waals surface area contributed by atoms with Crippen molar-refractivity contribution in [3.63, 3.8) is 0 Å². The van der Waals surface area contributed by atoms with Gasteiger partial charge in [-0.2, -0.15) is 0 Å². The predicted octanol–water partition coefficient (Wildman–Crippen LogP) is 8.57. The maximum Gasteiger partial charge on any atom is 0.127 e. The Morgan fingerprint density at radius 3 is 1.84 bits per heavy atom. The average Bonchev–Trinajstić information content (AvgIpc) is 2.97. The summed E-state index contributed by atoms with van der Waals surface area (Å²) >= 11 is 9.60. The van der Waals surface area contributed by atoms with Crippen LogP contribution in [0, 0.1) is 12.1 Å². The van der Waals surface area contributed by atoms with Gasteiger partial charge < -0.3 is 9.47 Å². The second-order valence-electron chi connectivity index (χ2n) is 9.20. The zero-order valence-electron chi connectivity index (χ0n) is 21.5. The highest BCUT2D eigenvalue weighted by Gasteiger charge is 2.37. The van der Waals surface area contributed by atoms with Gasteiger partial charge in [0.25, 0.3) is 0 Å². The van der Waals surface area contributed by atoms with Crippen molar-refractivity contribution in [2.75, 3.05) is 14.2 Å². The van der Waals surface area contributed by atoms with Crippen molar-refractivity contribution in [3.05, 3.63) is 132 Å². The molecule has 0 N–H and O–H groups in total. The van der Waals surface area contributed by atoms with Crippen LogP contribution in [0.4, 0.5) is 0 Å². The highest BCUT2D eigenvalue weighted by molar-refractivity contribution is 7.80. The summed E-state index contributed by atoms with van der Waals surface area (Å²) in [5, 5.41) is 0. The Hall–Kier alpha value is -3.78. The topological polar surface area (TPSA) is 18.5 Å². The molecule has 0 aliphatic rings. The van der Waals surface area contributed by atoms with Gasteiger partial charge in [0.2, 0.25) is 0 Å². The van der Waals surface area contributed by atoms with Crippen molar-refractivity contribution in [2.24, 2.45) is 0 Å². The van der Waals surface area contributed by atoms with Gasteiger partial charge in [-0.05, 0) is 77.7 Å². The van der Waals surface area contributed by atoms with E-state index in [0.717, 1.165) is 60.2 Å². The van der Waals surface area contributed by atoms with Crippen molar-refractivity contribution < 1.29 is 9.47 Å². The highest BCUT2D eigenvalue weighted by atomic mass is 32.1. The third kappa shape index (κ3) is 4.65. The molecule has 2 nitrogen and oxygen atoms in total. The molecule has 5 aromatic rings. The third-order valence-electron chi connectivity index (χ3n) is 7.10. The monoisotopic (exact) mass is 532 g/mol. The lowest BCUT2D eigenvalue weighted by molar-refractivity contribution is 0.375. The number of hydrogen-bond donors (Lipinski definition) is 2. The van der Waals surface area contributed by atoms with Crippen LogP contribution in [-0.4, -0.2) is 14.2 Å². The Kier molecular flexibility index (Phi) is 7.42. The summed E-state index contributed by atoms with van der Waals surface area (Å²) in [6.07, 6.45) is 0. The van der Waals surface area contributed by atoms with E-state index in [9.17, 15) is 0 Å². The molecule has 5 rings (SSSR count). The highest BCUT2D eigenvalue weighted by Crippen LogP contribution is 2.49.